The topological polar surface area (TPSA) is 48.1 Å². The van der Waals surface area contributed by atoms with Crippen LogP contribution in [0, 0.1) is 0 Å². The molecule has 1 heterocycles. The maximum Gasteiger partial charge on any atom is 0.256 e. The number of nitrogens with zero attached hydrogens (tertiary/aromatic N) is 1. The summed E-state index contributed by atoms with van der Waals surface area (Å²) in [5.41, 5.74) is 4.39. The van der Waals surface area contributed by atoms with Crippen molar-refractivity contribution in [1.29, 1.82) is 0 Å². The molecule has 0 bridgehead atoms. The molecule has 1 atom stereocenters. The van der Waals surface area contributed by atoms with E-state index in [1.165, 1.54) is 20.1 Å². The lowest BCUT2D eigenvalue weighted by molar-refractivity contribution is 0.0635. The summed E-state index contributed by atoms with van der Waals surface area (Å²) in [5, 5.41) is 0.247. The summed E-state index contributed by atoms with van der Waals surface area (Å²) in [7, 11) is 1.40. The first-order valence-electron chi connectivity index (χ1n) is 4.63. The largest absolute Gasteiger partial charge is 0.481 e. The number of pyridine rings is 1. The molecule has 1 rings (SSSR count). The average molecular weight is 251 g/mol. The molecule has 0 aromatic carbocycles. The average Bonchev–Trinajstić information content (AvgIpc) is 2.20. The van der Waals surface area contributed by atoms with Gasteiger partial charge in [-0.1, -0.05) is 17.7 Å². The molecule has 0 radical (unpaired) electrons. The van der Waals surface area contributed by atoms with Crippen LogP contribution in [0.3, 0.4) is 0 Å². The molecule has 2 N–H and O–H groups in total. The summed E-state index contributed by atoms with van der Waals surface area (Å²) >= 11 is 5.66. The second-order valence-electron chi connectivity index (χ2n) is 3.79. The van der Waals surface area contributed by atoms with E-state index in [1.807, 2.05) is 0 Å². The van der Waals surface area contributed by atoms with Gasteiger partial charge in [0, 0.05) is 12.0 Å². The molecular weight excluding hydrogens is 238 g/mol. The Morgan fingerprint density at radius 1 is 1.56 bits per heavy atom. The van der Waals surface area contributed by atoms with E-state index in [4.69, 9.17) is 22.1 Å². The van der Waals surface area contributed by atoms with Gasteiger partial charge in [-0.25, -0.2) is 13.8 Å². The van der Waals surface area contributed by atoms with Crippen molar-refractivity contribution in [1.82, 2.24) is 4.98 Å². The van der Waals surface area contributed by atoms with Crippen molar-refractivity contribution in [2.24, 2.45) is 5.73 Å². The molecule has 0 amide bonds. The fraction of sp³-hybridized carbons (Fsp3) is 0.500. The number of hydrogen-bond donors (Lipinski definition) is 1. The van der Waals surface area contributed by atoms with Gasteiger partial charge in [-0.3, -0.25) is 0 Å². The summed E-state index contributed by atoms with van der Waals surface area (Å²) in [6.07, 6.45) is -2.65. The van der Waals surface area contributed by atoms with E-state index in [0.717, 1.165) is 0 Å². The Bertz CT molecular complexity index is 372. The first-order valence-corrected chi connectivity index (χ1v) is 5.01. The second kappa shape index (κ2) is 4.93. The van der Waals surface area contributed by atoms with Gasteiger partial charge in [-0.15, -0.1) is 0 Å². The lowest BCUT2D eigenvalue weighted by atomic mass is 9.95. The third kappa shape index (κ3) is 3.02. The number of rotatable bonds is 4. The fourth-order valence-corrected chi connectivity index (χ4v) is 1.39. The molecule has 0 spiro atoms. The van der Waals surface area contributed by atoms with Gasteiger partial charge in [-0.05, 0) is 13.0 Å². The third-order valence-electron chi connectivity index (χ3n) is 2.17. The molecule has 0 aliphatic carbocycles. The Labute approximate surface area is 97.6 Å². The zero-order valence-corrected chi connectivity index (χ0v) is 9.76. The highest BCUT2D eigenvalue weighted by Crippen LogP contribution is 2.25. The van der Waals surface area contributed by atoms with E-state index in [9.17, 15) is 8.78 Å². The number of aromatic nitrogens is 1. The van der Waals surface area contributed by atoms with Crippen LogP contribution in [0.2, 0.25) is 5.15 Å². The normalized spacial score (nSPS) is 14.9. The Morgan fingerprint density at radius 2 is 2.19 bits per heavy atom. The number of ether oxygens (including phenoxy) is 1. The maximum absolute atomic E-state index is 12.6. The van der Waals surface area contributed by atoms with Crippen LogP contribution in [0.15, 0.2) is 12.1 Å². The molecule has 1 unspecified atom stereocenters. The molecule has 3 nitrogen and oxygen atoms in total. The molecule has 0 aliphatic heterocycles. The maximum atomic E-state index is 12.6. The van der Waals surface area contributed by atoms with Crippen molar-refractivity contribution in [2.45, 2.75) is 25.3 Å². The first-order chi connectivity index (χ1) is 7.36. The van der Waals surface area contributed by atoms with Crippen molar-refractivity contribution in [3.05, 3.63) is 22.8 Å². The Kier molecular flexibility index (Phi) is 4.04. The predicted octanol–water partition coefficient (Wildman–Crippen LogP) is 2.27. The van der Waals surface area contributed by atoms with Gasteiger partial charge in [0.1, 0.15) is 5.15 Å². The Morgan fingerprint density at radius 3 is 2.69 bits per heavy atom. The van der Waals surface area contributed by atoms with Gasteiger partial charge in [0.05, 0.1) is 12.6 Å². The summed E-state index contributed by atoms with van der Waals surface area (Å²) < 4.78 is 30.2. The van der Waals surface area contributed by atoms with Crippen LogP contribution in [-0.2, 0) is 6.42 Å². The van der Waals surface area contributed by atoms with Crippen LogP contribution in [0.1, 0.15) is 12.5 Å². The highest BCUT2D eigenvalue weighted by molar-refractivity contribution is 6.29. The smallest absolute Gasteiger partial charge is 0.256 e. The molecule has 6 heteroatoms. The molecule has 0 aliphatic rings. The van der Waals surface area contributed by atoms with Crippen LogP contribution in [-0.4, -0.2) is 24.1 Å². The second-order valence-corrected chi connectivity index (χ2v) is 4.17. The third-order valence-corrected chi connectivity index (χ3v) is 2.38. The van der Waals surface area contributed by atoms with Gasteiger partial charge in [0.2, 0.25) is 5.88 Å². The van der Waals surface area contributed by atoms with Gasteiger partial charge in [0.25, 0.3) is 6.43 Å². The number of nitrogens with two attached hydrogens (primary N) is 1. The van der Waals surface area contributed by atoms with Crippen molar-refractivity contribution in [2.75, 3.05) is 7.11 Å². The monoisotopic (exact) mass is 250 g/mol. The van der Waals surface area contributed by atoms with Crippen molar-refractivity contribution in [3.8, 4) is 5.88 Å². The molecule has 1 aromatic rings. The Balaban J connectivity index is 2.97. The van der Waals surface area contributed by atoms with E-state index in [-0.39, 0.29) is 17.5 Å². The van der Waals surface area contributed by atoms with Crippen LogP contribution >= 0.6 is 11.6 Å². The molecular formula is C10H13ClF2N2O. The number of hydrogen-bond acceptors (Lipinski definition) is 3. The zero-order valence-electron chi connectivity index (χ0n) is 9.01. The van der Waals surface area contributed by atoms with E-state index < -0.39 is 12.0 Å². The van der Waals surface area contributed by atoms with Gasteiger partial charge >= 0.3 is 0 Å². The summed E-state index contributed by atoms with van der Waals surface area (Å²) in [5.74, 6) is 0.227. The highest BCUT2D eigenvalue weighted by Gasteiger charge is 2.31. The summed E-state index contributed by atoms with van der Waals surface area (Å²) in [6.45, 7) is 1.28. The van der Waals surface area contributed by atoms with E-state index >= 15 is 0 Å². The number of methoxy groups -OCH3 is 1. The quantitative estimate of drug-likeness (QED) is 0.834. The number of alkyl halides is 2. The number of halogens is 3. The van der Waals surface area contributed by atoms with E-state index in [1.54, 1.807) is 6.07 Å². The zero-order chi connectivity index (χ0) is 12.3. The summed E-state index contributed by atoms with van der Waals surface area (Å²) in [4.78, 5) is 3.88. The molecule has 90 valence electrons. The SMILES string of the molecule is COc1nc(Cl)ccc1CC(C)(N)C(F)F. The lowest BCUT2D eigenvalue weighted by Gasteiger charge is -2.24. The summed E-state index contributed by atoms with van der Waals surface area (Å²) in [6, 6.07) is 3.10. The molecule has 0 saturated carbocycles. The van der Waals surface area contributed by atoms with Crippen LogP contribution < -0.4 is 10.5 Å². The first kappa shape index (κ1) is 13.1. The molecule has 0 fully saturated rings. The van der Waals surface area contributed by atoms with Crippen LogP contribution in [0.4, 0.5) is 8.78 Å². The van der Waals surface area contributed by atoms with Gasteiger partial charge < -0.3 is 10.5 Å². The fourth-order valence-electron chi connectivity index (χ4n) is 1.25. The minimum Gasteiger partial charge on any atom is -0.481 e. The predicted molar refractivity (Wildman–Crippen MR) is 58.1 cm³/mol. The molecule has 1 aromatic heterocycles. The van der Waals surface area contributed by atoms with Gasteiger partial charge in [-0.2, -0.15) is 0 Å². The van der Waals surface area contributed by atoms with Crippen molar-refractivity contribution in [3.63, 3.8) is 0 Å². The van der Waals surface area contributed by atoms with Crippen LogP contribution in [0.5, 0.6) is 5.88 Å². The van der Waals surface area contributed by atoms with Crippen molar-refractivity contribution >= 4 is 11.6 Å². The van der Waals surface area contributed by atoms with Gasteiger partial charge in [0.15, 0.2) is 0 Å². The van der Waals surface area contributed by atoms with E-state index in [2.05, 4.69) is 4.98 Å². The van der Waals surface area contributed by atoms with Crippen molar-refractivity contribution < 1.29 is 13.5 Å². The lowest BCUT2D eigenvalue weighted by Crippen LogP contribution is -2.45. The molecule has 0 saturated heterocycles. The minimum atomic E-state index is -2.62. The minimum absolute atomic E-state index is 0.0298. The standard InChI is InChI=1S/C10H13ClF2N2O/c1-10(14,9(12)13)5-6-3-4-7(11)15-8(6)16-2/h3-4,9H,5,14H2,1-2H3. The van der Waals surface area contributed by atoms with Crippen LogP contribution in [0.25, 0.3) is 0 Å². The molecule has 16 heavy (non-hydrogen) atoms. The highest BCUT2D eigenvalue weighted by atomic mass is 35.5. The Hall–Kier alpha value is -0.940. The van der Waals surface area contributed by atoms with E-state index in [0.29, 0.717) is 5.56 Å².